The molecule has 4 amide bonds. The van der Waals surface area contributed by atoms with E-state index in [-0.39, 0.29) is 41.6 Å². The second-order valence-electron chi connectivity index (χ2n) is 12.3. The highest BCUT2D eigenvalue weighted by Gasteiger charge is 2.52. The Hall–Kier alpha value is -2.95. The van der Waals surface area contributed by atoms with Crippen LogP contribution in [-0.4, -0.2) is 85.5 Å². The number of carbonyl (C=O) groups is 3. The molecule has 2 aromatic rings. The summed E-state index contributed by atoms with van der Waals surface area (Å²) in [5, 5.41) is 2.98. The van der Waals surface area contributed by atoms with E-state index in [1.807, 2.05) is 6.07 Å². The van der Waals surface area contributed by atoms with E-state index in [4.69, 9.17) is 0 Å². The average Bonchev–Trinajstić information content (AvgIpc) is 3.62. The van der Waals surface area contributed by atoms with Crippen molar-refractivity contribution in [2.45, 2.75) is 55.0 Å². The molecule has 1 aliphatic carbocycles. The van der Waals surface area contributed by atoms with Crippen molar-refractivity contribution in [2.75, 3.05) is 39.0 Å². The summed E-state index contributed by atoms with van der Waals surface area (Å²) in [5.74, 6) is 1.23. The van der Waals surface area contributed by atoms with Crippen molar-refractivity contribution in [2.24, 2.45) is 11.8 Å². The van der Waals surface area contributed by atoms with Gasteiger partial charge in [-0.1, -0.05) is 42.5 Å². The molecular weight excluding hydrogens is 576 g/mol. The number of hydrogen-bond donors (Lipinski definition) is 1. The van der Waals surface area contributed by atoms with Crippen LogP contribution in [0.25, 0.3) is 0 Å². The second kappa shape index (κ2) is 12.0. The zero-order valence-electron chi connectivity index (χ0n) is 23.9. The molecule has 0 aromatic heterocycles. The Balaban J connectivity index is 0.00000353. The van der Waals surface area contributed by atoms with Crippen molar-refractivity contribution < 1.29 is 22.8 Å². The lowest BCUT2D eigenvalue weighted by molar-refractivity contribution is -0.133. The molecule has 4 fully saturated rings. The first-order chi connectivity index (χ1) is 19.6. The van der Waals surface area contributed by atoms with Crippen LogP contribution in [-0.2, 0) is 26.0 Å². The van der Waals surface area contributed by atoms with Gasteiger partial charge in [0.05, 0.1) is 11.4 Å². The number of benzene rings is 2. The number of rotatable bonds is 8. The van der Waals surface area contributed by atoms with Gasteiger partial charge in [-0.15, -0.1) is 12.4 Å². The molecule has 1 spiro atoms. The van der Waals surface area contributed by atoms with Gasteiger partial charge in [0.1, 0.15) is 5.54 Å². The van der Waals surface area contributed by atoms with Gasteiger partial charge in [0.25, 0.3) is 5.91 Å². The van der Waals surface area contributed by atoms with Crippen molar-refractivity contribution in [1.82, 2.24) is 20.0 Å². The van der Waals surface area contributed by atoms with E-state index in [2.05, 4.69) is 39.4 Å². The summed E-state index contributed by atoms with van der Waals surface area (Å²) in [6.45, 7) is 3.85. The standard InChI is InChI=1S/C31H38N4O5S.ClH/c1-41(39,40)26-11-9-23(10-12-26)18-35-29(37)31(32-30(35)38)13-15-33(16-14-31)19-25-20-34(28(36)17-22-7-8-22)21-27(25)24-5-3-2-4-6-24;/h2-6,9-12,22,25,27H,7-8,13-21H2,1H3,(H,32,38);1H/t25-,27+;/m0./s1. The number of sulfone groups is 1. The van der Waals surface area contributed by atoms with Crippen LogP contribution in [0.2, 0.25) is 0 Å². The molecule has 2 aromatic carbocycles. The van der Waals surface area contributed by atoms with Crippen LogP contribution in [0.4, 0.5) is 4.79 Å². The molecule has 11 heteroatoms. The van der Waals surface area contributed by atoms with Gasteiger partial charge in [0, 0.05) is 51.3 Å². The first-order valence-corrected chi connectivity index (χ1v) is 16.5. The zero-order valence-corrected chi connectivity index (χ0v) is 25.5. The van der Waals surface area contributed by atoms with E-state index in [1.54, 1.807) is 12.1 Å². The molecule has 0 bridgehead atoms. The predicted octanol–water partition coefficient (Wildman–Crippen LogP) is 3.44. The van der Waals surface area contributed by atoms with E-state index in [0.717, 1.165) is 25.9 Å². The SMILES string of the molecule is CS(=O)(=O)c1ccc(CN2C(=O)NC3(CCN(C[C@H]4CN(C(=O)CC5CC5)C[C@@H]4c4ccccc4)CC3)C2=O)cc1.Cl. The Morgan fingerprint density at radius 3 is 2.26 bits per heavy atom. The van der Waals surface area contributed by atoms with Crippen molar-refractivity contribution in [1.29, 1.82) is 0 Å². The molecule has 0 radical (unpaired) electrons. The Bertz CT molecular complexity index is 1420. The summed E-state index contributed by atoms with van der Waals surface area (Å²) < 4.78 is 23.5. The number of carbonyl (C=O) groups excluding carboxylic acids is 3. The van der Waals surface area contributed by atoms with Gasteiger partial charge in [-0.25, -0.2) is 13.2 Å². The maximum absolute atomic E-state index is 13.5. The number of halogens is 1. The molecule has 1 saturated carbocycles. The van der Waals surface area contributed by atoms with Gasteiger partial charge in [-0.2, -0.15) is 0 Å². The smallest absolute Gasteiger partial charge is 0.325 e. The number of piperidine rings is 1. The van der Waals surface area contributed by atoms with Crippen molar-refractivity contribution in [3.05, 3.63) is 65.7 Å². The molecule has 9 nitrogen and oxygen atoms in total. The van der Waals surface area contributed by atoms with Crippen LogP contribution in [0.15, 0.2) is 59.5 Å². The number of imide groups is 1. The van der Waals surface area contributed by atoms with Crippen molar-refractivity contribution in [3.8, 4) is 0 Å². The number of urea groups is 1. The van der Waals surface area contributed by atoms with Crippen LogP contribution < -0.4 is 5.32 Å². The molecule has 226 valence electrons. The van der Waals surface area contributed by atoms with Gasteiger partial charge in [-0.05, 0) is 60.8 Å². The number of nitrogens with zero attached hydrogens (tertiary/aromatic N) is 3. The first kappa shape index (κ1) is 30.5. The lowest BCUT2D eigenvalue weighted by Gasteiger charge is -2.38. The topological polar surface area (TPSA) is 107 Å². The highest BCUT2D eigenvalue weighted by molar-refractivity contribution is 7.90. The Morgan fingerprint density at radius 1 is 0.976 bits per heavy atom. The lowest BCUT2D eigenvalue weighted by Crippen LogP contribution is -2.55. The molecule has 4 aliphatic rings. The minimum Gasteiger partial charge on any atom is -0.342 e. The van der Waals surface area contributed by atoms with Crippen LogP contribution in [0.1, 0.15) is 49.1 Å². The van der Waals surface area contributed by atoms with E-state index in [9.17, 15) is 22.8 Å². The second-order valence-corrected chi connectivity index (χ2v) is 14.4. The first-order valence-electron chi connectivity index (χ1n) is 14.6. The van der Waals surface area contributed by atoms with Gasteiger partial charge in [-0.3, -0.25) is 14.5 Å². The van der Waals surface area contributed by atoms with Crippen LogP contribution in [0, 0.1) is 11.8 Å². The molecule has 42 heavy (non-hydrogen) atoms. The molecule has 0 unspecified atom stereocenters. The number of nitrogens with one attached hydrogen (secondary N) is 1. The molecule has 3 saturated heterocycles. The normalized spacial score (nSPS) is 24.1. The Kier molecular flexibility index (Phi) is 8.70. The van der Waals surface area contributed by atoms with E-state index in [0.29, 0.717) is 49.8 Å². The lowest BCUT2D eigenvalue weighted by atomic mass is 9.85. The fraction of sp³-hybridized carbons (Fsp3) is 0.516. The van der Waals surface area contributed by atoms with E-state index >= 15 is 0 Å². The van der Waals surface area contributed by atoms with Crippen LogP contribution >= 0.6 is 12.4 Å². The number of hydrogen-bond acceptors (Lipinski definition) is 6. The number of amides is 4. The van der Waals surface area contributed by atoms with Gasteiger partial charge in [0.2, 0.25) is 5.91 Å². The maximum atomic E-state index is 13.5. The third-order valence-corrected chi connectivity index (χ3v) is 10.5. The Labute approximate surface area is 253 Å². The van der Waals surface area contributed by atoms with Crippen LogP contribution in [0.3, 0.4) is 0 Å². The molecule has 1 N–H and O–H groups in total. The highest BCUT2D eigenvalue weighted by atomic mass is 35.5. The predicted molar refractivity (Wildman–Crippen MR) is 161 cm³/mol. The van der Waals surface area contributed by atoms with Gasteiger partial charge >= 0.3 is 6.03 Å². The molecule has 3 aliphatic heterocycles. The van der Waals surface area contributed by atoms with Crippen LogP contribution in [0.5, 0.6) is 0 Å². The molecule has 3 heterocycles. The van der Waals surface area contributed by atoms with Crippen molar-refractivity contribution >= 4 is 40.1 Å². The zero-order chi connectivity index (χ0) is 28.8. The summed E-state index contributed by atoms with van der Waals surface area (Å²) in [5.41, 5.74) is 1.07. The van der Waals surface area contributed by atoms with E-state index in [1.165, 1.54) is 35.4 Å². The third-order valence-electron chi connectivity index (χ3n) is 9.32. The summed E-state index contributed by atoms with van der Waals surface area (Å²) in [4.78, 5) is 45.3. The van der Waals surface area contributed by atoms with Gasteiger partial charge < -0.3 is 15.1 Å². The molecule has 6 rings (SSSR count). The van der Waals surface area contributed by atoms with Crippen molar-refractivity contribution in [3.63, 3.8) is 0 Å². The summed E-state index contributed by atoms with van der Waals surface area (Å²) in [7, 11) is -3.32. The summed E-state index contributed by atoms with van der Waals surface area (Å²) in [6, 6.07) is 16.4. The summed E-state index contributed by atoms with van der Waals surface area (Å²) in [6.07, 6.45) is 5.23. The minimum atomic E-state index is -3.32. The van der Waals surface area contributed by atoms with Gasteiger partial charge in [0.15, 0.2) is 9.84 Å². The minimum absolute atomic E-state index is 0. The monoisotopic (exact) mass is 614 g/mol. The largest absolute Gasteiger partial charge is 0.342 e. The maximum Gasteiger partial charge on any atom is 0.325 e. The highest BCUT2D eigenvalue weighted by Crippen LogP contribution is 2.38. The quantitative estimate of drug-likeness (QED) is 0.457. The molecular formula is C31H39ClN4O5S. The third kappa shape index (κ3) is 6.35. The Morgan fingerprint density at radius 2 is 1.64 bits per heavy atom. The number of likely N-dealkylation sites (tertiary alicyclic amines) is 2. The summed E-state index contributed by atoms with van der Waals surface area (Å²) >= 11 is 0. The fourth-order valence-corrected chi connectivity index (χ4v) is 7.30. The molecule has 2 atom stereocenters. The van der Waals surface area contributed by atoms with E-state index < -0.39 is 21.4 Å². The average molecular weight is 615 g/mol. The fourth-order valence-electron chi connectivity index (χ4n) is 6.67.